The van der Waals surface area contributed by atoms with E-state index < -0.39 is 0 Å². The van der Waals surface area contributed by atoms with Crippen LogP contribution in [0.4, 0.5) is 0 Å². The van der Waals surface area contributed by atoms with Gasteiger partial charge in [0.15, 0.2) is 0 Å². The first-order chi connectivity index (χ1) is 13.0. The minimum atomic E-state index is 0.0356. The van der Waals surface area contributed by atoms with Gasteiger partial charge in [0.05, 0.1) is 0 Å². The van der Waals surface area contributed by atoms with Crippen molar-refractivity contribution in [1.29, 1.82) is 0 Å². The van der Waals surface area contributed by atoms with Crippen LogP contribution in [0.5, 0.6) is 0 Å². The van der Waals surface area contributed by atoms with Gasteiger partial charge in [-0.3, -0.25) is 9.59 Å². The van der Waals surface area contributed by atoms with Crippen molar-refractivity contribution in [1.82, 2.24) is 9.80 Å². The van der Waals surface area contributed by atoms with Gasteiger partial charge in [0, 0.05) is 37.7 Å². The Morgan fingerprint density at radius 2 is 1.81 bits per heavy atom. The number of unbranched alkanes of at least 4 members (excludes halogenated alkanes) is 2. The predicted octanol–water partition coefficient (Wildman–Crippen LogP) is 4.37. The van der Waals surface area contributed by atoms with Crippen LogP contribution in [0.15, 0.2) is 36.4 Å². The van der Waals surface area contributed by atoms with Crippen LogP contribution in [0.2, 0.25) is 0 Å². The molecule has 27 heavy (non-hydrogen) atoms. The molecule has 2 rings (SSSR count). The van der Waals surface area contributed by atoms with Crippen LogP contribution < -0.4 is 0 Å². The van der Waals surface area contributed by atoms with Gasteiger partial charge in [-0.25, -0.2) is 0 Å². The smallest absolute Gasteiger partial charge is 0.246 e. The van der Waals surface area contributed by atoms with Crippen molar-refractivity contribution < 1.29 is 9.59 Å². The Labute approximate surface area is 164 Å². The molecule has 4 nitrogen and oxygen atoms in total. The highest BCUT2D eigenvalue weighted by Gasteiger charge is 2.30. The molecule has 1 fully saturated rings. The predicted molar refractivity (Wildman–Crippen MR) is 111 cm³/mol. The molecule has 0 aliphatic carbocycles. The first kappa shape index (κ1) is 21.2. The Morgan fingerprint density at radius 3 is 2.41 bits per heavy atom. The lowest BCUT2D eigenvalue weighted by atomic mass is 9.94. The van der Waals surface area contributed by atoms with Crippen LogP contribution in [0.1, 0.15) is 58.4 Å². The molecule has 0 bridgehead atoms. The molecule has 1 aromatic rings. The average Bonchev–Trinajstić information content (AvgIpc) is 2.69. The molecule has 148 valence electrons. The zero-order valence-electron chi connectivity index (χ0n) is 17.1. The number of likely N-dealkylation sites (tertiary alicyclic amines) is 1. The number of amides is 2. The summed E-state index contributed by atoms with van der Waals surface area (Å²) in [5.74, 6) is 0.359. The maximum Gasteiger partial charge on any atom is 0.246 e. The number of hydrogen-bond donors (Lipinski definition) is 0. The Bertz CT molecular complexity index is 617. The molecule has 0 unspecified atom stereocenters. The molecule has 0 spiro atoms. The van der Waals surface area contributed by atoms with Crippen LogP contribution >= 0.6 is 0 Å². The Morgan fingerprint density at radius 1 is 1.15 bits per heavy atom. The van der Waals surface area contributed by atoms with Crippen LogP contribution in [-0.2, 0) is 9.59 Å². The number of hydrogen-bond acceptors (Lipinski definition) is 2. The van der Waals surface area contributed by atoms with Crippen molar-refractivity contribution in [2.24, 2.45) is 5.92 Å². The monoisotopic (exact) mass is 370 g/mol. The summed E-state index contributed by atoms with van der Waals surface area (Å²) in [6.07, 6.45) is 8.42. The fourth-order valence-electron chi connectivity index (χ4n) is 3.57. The molecular formula is C23H34N2O2. The molecule has 1 aromatic carbocycles. The molecule has 4 heteroatoms. The van der Waals surface area contributed by atoms with Crippen molar-refractivity contribution in [3.63, 3.8) is 0 Å². The zero-order chi connectivity index (χ0) is 19.6. The first-order valence-corrected chi connectivity index (χ1v) is 10.4. The third-order valence-corrected chi connectivity index (χ3v) is 5.28. The second kappa shape index (κ2) is 10.9. The van der Waals surface area contributed by atoms with Gasteiger partial charge in [-0.05, 0) is 44.7 Å². The molecule has 2 amide bonds. The fraction of sp³-hybridized carbons (Fsp3) is 0.565. The summed E-state index contributed by atoms with van der Waals surface area (Å²) in [4.78, 5) is 29.2. The van der Waals surface area contributed by atoms with Crippen molar-refractivity contribution in [2.75, 3.05) is 19.6 Å². The quantitative estimate of drug-likeness (QED) is 0.504. The fourth-order valence-corrected chi connectivity index (χ4v) is 3.57. The maximum absolute atomic E-state index is 12.9. The van der Waals surface area contributed by atoms with E-state index in [1.165, 1.54) is 0 Å². The largest absolute Gasteiger partial charge is 0.340 e. The van der Waals surface area contributed by atoms with E-state index in [4.69, 9.17) is 0 Å². The highest BCUT2D eigenvalue weighted by Crippen LogP contribution is 2.21. The van der Waals surface area contributed by atoms with Crippen molar-refractivity contribution >= 4 is 17.9 Å². The molecule has 0 N–H and O–H groups in total. The lowest BCUT2D eigenvalue weighted by molar-refractivity contribution is -0.141. The minimum absolute atomic E-state index is 0.0356. The molecule has 1 heterocycles. The van der Waals surface area contributed by atoms with E-state index in [0.717, 1.165) is 44.2 Å². The molecule has 0 atom stereocenters. The van der Waals surface area contributed by atoms with Gasteiger partial charge in [0.2, 0.25) is 11.8 Å². The van der Waals surface area contributed by atoms with Gasteiger partial charge < -0.3 is 9.80 Å². The lowest BCUT2D eigenvalue weighted by Crippen LogP contribution is -2.46. The van der Waals surface area contributed by atoms with Crippen LogP contribution in [-0.4, -0.2) is 47.3 Å². The van der Waals surface area contributed by atoms with Crippen LogP contribution in [0.25, 0.3) is 6.08 Å². The summed E-state index contributed by atoms with van der Waals surface area (Å²) in [5, 5.41) is 0. The van der Waals surface area contributed by atoms with E-state index in [2.05, 4.69) is 20.8 Å². The molecule has 1 aliphatic rings. The summed E-state index contributed by atoms with van der Waals surface area (Å²) in [6, 6.07) is 10.1. The summed E-state index contributed by atoms with van der Waals surface area (Å²) in [7, 11) is 0. The second-order valence-corrected chi connectivity index (χ2v) is 7.68. The van der Waals surface area contributed by atoms with Gasteiger partial charge in [-0.2, -0.15) is 0 Å². The van der Waals surface area contributed by atoms with E-state index in [9.17, 15) is 9.59 Å². The molecule has 0 radical (unpaired) electrons. The van der Waals surface area contributed by atoms with Gasteiger partial charge in [-0.15, -0.1) is 0 Å². The highest BCUT2D eigenvalue weighted by atomic mass is 16.2. The SMILES string of the molecule is CCCCCN(C(=O)C1CCN(C(=O)C=Cc2ccccc2)CC1)C(C)C. The first-order valence-electron chi connectivity index (χ1n) is 10.4. The van der Waals surface area contributed by atoms with Crippen molar-refractivity contribution in [3.8, 4) is 0 Å². The second-order valence-electron chi connectivity index (χ2n) is 7.68. The van der Waals surface area contributed by atoms with Gasteiger partial charge >= 0.3 is 0 Å². The van der Waals surface area contributed by atoms with Crippen LogP contribution in [0, 0.1) is 5.92 Å². The maximum atomic E-state index is 12.9. The Hall–Kier alpha value is -2.10. The zero-order valence-corrected chi connectivity index (χ0v) is 17.1. The molecular weight excluding hydrogens is 336 g/mol. The van der Waals surface area contributed by atoms with E-state index in [0.29, 0.717) is 13.1 Å². The minimum Gasteiger partial charge on any atom is -0.340 e. The van der Waals surface area contributed by atoms with Gasteiger partial charge in [0.1, 0.15) is 0 Å². The summed E-state index contributed by atoms with van der Waals surface area (Å²) in [6.45, 7) is 8.54. The number of rotatable bonds is 8. The van der Waals surface area contributed by atoms with E-state index in [1.807, 2.05) is 46.2 Å². The van der Waals surface area contributed by atoms with Crippen molar-refractivity contribution in [3.05, 3.63) is 42.0 Å². The summed E-state index contributed by atoms with van der Waals surface area (Å²) >= 11 is 0. The van der Waals surface area contributed by atoms with E-state index in [-0.39, 0.29) is 23.8 Å². The molecule has 1 saturated heterocycles. The number of carbonyl (C=O) groups is 2. The highest BCUT2D eigenvalue weighted by molar-refractivity contribution is 5.92. The van der Waals surface area contributed by atoms with E-state index >= 15 is 0 Å². The molecule has 0 aromatic heterocycles. The Balaban J connectivity index is 1.85. The van der Waals surface area contributed by atoms with Crippen molar-refractivity contribution in [2.45, 2.75) is 58.9 Å². The summed E-state index contributed by atoms with van der Waals surface area (Å²) < 4.78 is 0. The number of benzene rings is 1. The third-order valence-electron chi connectivity index (χ3n) is 5.28. The molecule has 1 aliphatic heterocycles. The van der Waals surface area contributed by atoms with Gasteiger partial charge in [-0.1, -0.05) is 50.1 Å². The number of nitrogens with zero attached hydrogens (tertiary/aromatic N) is 2. The van der Waals surface area contributed by atoms with E-state index in [1.54, 1.807) is 6.08 Å². The number of carbonyl (C=O) groups excluding carboxylic acids is 2. The summed E-state index contributed by atoms with van der Waals surface area (Å²) in [5.41, 5.74) is 1.02. The third kappa shape index (κ3) is 6.53. The molecule has 0 saturated carbocycles. The van der Waals surface area contributed by atoms with Gasteiger partial charge in [0.25, 0.3) is 0 Å². The normalized spacial score (nSPS) is 15.5. The Kier molecular flexibility index (Phi) is 8.56. The standard InChI is InChI=1S/C23H34N2O2/c1-4-5-9-16-25(19(2)3)23(27)21-14-17-24(18-15-21)22(26)13-12-20-10-7-6-8-11-20/h6-8,10-13,19,21H,4-5,9,14-18H2,1-3H3. The number of piperidine rings is 1. The lowest BCUT2D eigenvalue weighted by Gasteiger charge is -2.35. The average molecular weight is 371 g/mol. The van der Waals surface area contributed by atoms with Crippen LogP contribution in [0.3, 0.4) is 0 Å². The topological polar surface area (TPSA) is 40.6 Å².